The Hall–Kier alpha value is -3.09. The molecule has 2 aliphatic rings. The fourth-order valence-corrected chi connectivity index (χ4v) is 6.47. The zero-order chi connectivity index (χ0) is 24.0. The Morgan fingerprint density at radius 1 is 1.12 bits per heavy atom. The summed E-state index contributed by atoms with van der Waals surface area (Å²) in [5.74, 6) is -0.140. The van der Waals surface area contributed by atoms with Crippen molar-refractivity contribution in [2.75, 3.05) is 38.1 Å². The Balaban J connectivity index is 1.23. The van der Waals surface area contributed by atoms with Gasteiger partial charge < -0.3 is 9.80 Å². The normalized spacial score (nSPS) is 16.9. The van der Waals surface area contributed by atoms with Crippen molar-refractivity contribution in [3.05, 3.63) is 58.1 Å². The number of nitrogens with zero attached hydrogens (tertiary/aromatic N) is 5. The van der Waals surface area contributed by atoms with Crippen LogP contribution in [0.4, 0.5) is 10.8 Å². The summed E-state index contributed by atoms with van der Waals surface area (Å²) < 4.78 is 27.5. The number of non-ortho nitro benzene ring substituents is 1. The Kier molecular flexibility index (Phi) is 5.74. The Morgan fingerprint density at radius 2 is 1.79 bits per heavy atom. The number of benzene rings is 2. The average molecular weight is 502 g/mol. The lowest BCUT2D eigenvalue weighted by atomic mass is 10.2. The van der Waals surface area contributed by atoms with E-state index in [9.17, 15) is 23.3 Å². The minimum atomic E-state index is -3.54. The molecule has 3 aromatic rings. The van der Waals surface area contributed by atoms with E-state index < -0.39 is 14.9 Å². The zero-order valence-corrected chi connectivity index (χ0v) is 20.1. The van der Waals surface area contributed by atoms with Crippen LogP contribution < -0.4 is 4.90 Å². The highest BCUT2D eigenvalue weighted by atomic mass is 32.2. The molecule has 12 heteroatoms. The van der Waals surface area contributed by atoms with Gasteiger partial charge in [-0.2, -0.15) is 4.31 Å². The summed E-state index contributed by atoms with van der Waals surface area (Å²) in [6, 6.07) is 10.8. The Bertz CT molecular complexity index is 1360. The molecule has 34 heavy (non-hydrogen) atoms. The first-order valence-electron chi connectivity index (χ1n) is 10.9. The van der Waals surface area contributed by atoms with Gasteiger partial charge in [0.15, 0.2) is 5.13 Å². The number of nitro groups is 1. The highest BCUT2D eigenvalue weighted by Crippen LogP contribution is 2.32. The molecule has 178 valence electrons. The number of piperazine rings is 1. The lowest BCUT2D eigenvalue weighted by Gasteiger charge is -2.34. The van der Waals surface area contributed by atoms with Crippen LogP contribution in [0.2, 0.25) is 0 Å². The van der Waals surface area contributed by atoms with Gasteiger partial charge in [0.05, 0.1) is 20.0 Å². The third kappa shape index (κ3) is 4.24. The monoisotopic (exact) mass is 501 g/mol. The Morgan fingerprint density at radius 3 is 2.41 bits per heavy atom. The minimum Gasteiger partial charge on any atom is -0.345 e. The summed E-state index contributed by atoms with van der Waals surface area (Å²) in [6.45, 7) is 2.18. The van der Waals surface area contributed by atoms with E-state index in [0.717, 1.165) is 22.7 Å². The summed E-state index contributed by atoms with van der Waals surface area (Å²) in [5.41, 5.74) is 1.20. The third-order valence-electron chi connectivity index (χ3n) is 6.25. The van der Waals surface area contributed by atoms with E-state index >= 15 is 0 Å². The molecule has 1 saturated carbocycles. The molecule has 0 bridgehead atoms. The zero-order valence-electron chi connectivity index (χ0n) is 18.5. The van der Waals surface area contributed by atoms with Crippen LogP contribution in [-0.4, -0.2) is 72.7 Å². The molecule has 0 unspecified atom stereocenters. The van der Waals surface area contributed by atoms with Crippen molar-refractivity contribution in [1.82, 2.24) is 14.2 Å². The number of nitro benzene ring substituents is 1. The molecule has 0 spiro atoms. The fraction of sp³-hybridized carbons (Fsp3) is 0.364. The molecule has 1 aliphatic carbocycles. The fourth-order valence-electron chi connectivity index (χ4n) is 4.00. The largest absolute Gasteiger partial charge is 0.345 e. The van der Waals surface area contributed by atoms with Crippen molar-refractivity contribution in [2.24, 2.45) is 0 Å². The van der Waals surface area contributed by atoms with Crippen molar-refractivity contribution in [1.29, 1.82) is 0 Å². The molecule has 0 N–H and O–H groups in total. The molecule has 10 nitrogen and oxygen atoms in total. The number of sulfonamides is 1. The number of rotatable bonds is 6. The van der Waals surface area contributed by atoms with Gasteiger partial charge in [0.25, 0.3) is 11.6 Å². The molecule has 2 fully saturated rings. The summed E-state index contributed by atoms with van der Waals surface area (Å²) in [5, 5.41) is 11.8. The number of hydrogen-bond acceptors (Lipinski definition) is 8. The van der Waals surface area contributed by atoms with Gasteiger partial charge in [-0.15, -0.1) is 0 Å². The van der Waals surface area contributed by atoms with Crippen molar-refractivity contribution in [2.45, 2.75) is 23.8 Å². The summed E-state index contributed by atoms with van der Waals surface area (Å²) >= 11 is 1.40. The van der Waals surface area contributed by atoms with Crippen LogP contribution in [0, 0.1) is 10.1 Å². The molecular weight excluding hydrogens is 478 g/mol. The third-order valence-corrected chi connectivity index (χ3v) is 9.25. The van der Waals surface area contributed by atoms with Gasteiger partial charge in [0, 0.05) is 57.0 Å². The number of anilines is 1. The minimum absolute atomic E-state index is 0.0381. The molecular formula is C22H23N5O5S2. The van der Waals surface area contributed by atoms with Gasteiger partial charge in [-0.25, -0.2) is 13.4 Å². The molecule has 2 aromatic carbocycles. The Labute approximate surface area is 200 Å². The van der Waals surface area contributed by atoms with Gasteiger partial charge in [-0.3, -0.25) is 14.9 Å². The van der Waals surface area contributed by atoms with Crippen LogP contribution in [0.1, 0.15) is 23.2 Å². The highest BCUT2D eigenvalue weighted by Gasteiger charge is 2.35. The molecule has 1 saturated heterocycles. The topological polar surface area (TPSA) is 117 Å². The summed E-state index contributed by atoms with van der Waals surface area (Å²) in [6.07, 6.45) is 1.77. The molecule has 1 aliphatic heterocycles. The van der Waals surface area contributed by atoms with Crippen molar-refractivity contribution < 1.29 is 18.1 Å². The number of aromatic nitrogens is 1. The van der Waals surface area contributed by atoms with Crippen LogP contribution in [0.5, 0.6) is 0 Å². The molecule has 0 radical (unpaired) electrons. The second-order valence-corrected chi connectivity index (χ2v) is 11.5. The van der Waals surface area contributed by atoms with E-state index in [1.807, 2.05) is 0 Å². The van der Waals surface area contributed by atoms with E-state index in [1.54, 1.807) is 30.1 Å². The van der Waals surface area contributed by atoms with Crippen LogP contribution in [0.3, 0.4) is 0 Å². The maximum absolute atomic E-state index is 13.0. The van der Waals surface area contributed by atoms with Gasteiger partial charge in [0.1, 0.15) is 0 Å². The van der Waals surface area contributed by atoms with Gasteiger partial charge in [-0.1, -0.05) is 11.3 Å². The SMILES string of the molecule is CN(C1CC1)S(=O)(=O)c1ccc(C(=O)N2CCN(c3nc4ccc([N+](=O)[O-])cc4s3)CC2)cc1. The second-order valence-electron chi connectivity index (χ2n) is 8.46. The van der Waals surface area contributed by atoms with E-state index in [4.69, 9.17) is 0 Å². The van der Waals surface area contributed by atoms with Crippen molar-refractivity contribution in [3.63, 3.8) is 0 Å². The number of carbonyl (C=O) groups excluding carboxylic acids is 1. The second kappa shape index (κ2) is 8.60. The molecule has 2 heterocycles. The van der Waals surface area contributed by atoms with Crippen LogP contribution in [-0.2, 0) is 10.0 Å². The highest BCUT2D eigenvalue weighted by molar-refractivity contribution is 7.89. The van der Waals surface area contributed by atoms with Crippen molar-refractivity contribution in [3.8, 4) is 0 Å². The molecule has 0 atom stereocenters. The quantitative estimate of drug-likeness (QED) is 0.376. The lowest BCUT2D eigenvalue weighted by molar-refractivity contribution is -0.384. The predicted molar refractivity (Wildman–Crippen MR) is 129 cm³/mol. The van der Waals surface area contributed by atoms with Gasteiger partial charge in [-0.05, 0) is 43.2 Å². The molecule has 5 rings (SSSR count). The maximum Gasteiger partial charge on any atom is 0.270 e. The average Bonchev–Trinajstić information content (AvgIpc) is 3.61. The van der Waals surface area contributed by atoms with Crippen LogP contribution >= 0.6 is 11.3 Å². The lowest BCUT2D eigenvalue weighted by Crippen LogP contribution is -2.48. The number of carbonyl (C=O) groups is 1. The van der Waals surface area contributed by atoms with Crippen LogP contribution in [0.15, 0.2) is 47.4 Å². The van der Waals surface area contributed by atoms with Crippen LogP contribution in [0.25, 0.3) is 10.2 Å². The van der Waals surface area contributed by atoms with E-state index in [1.165, 1.54) is 39.9 Å². The van der Waals surface area contributed by atoms with Gasteiger partial charge >= 0.3 is 0 Å². The number of hydrogen-bond donors (Lipinski definition) is 0. The number of amides is 1. The van der Waals surface area contributed by atoms with E-state index in [2.05, 4.69) is 9.88 Å². The first kappa shape index (κ1) is 22.7. The number of fused-ring (bicyclic) bond motifs is 1. The first-order valence-corrected chi connectivity index (χ1v) is 13.2. The standard InChI is InChI=1S/C22H23N5O5S2/c1-24(16-4-5-16)34(31,32)18-7-2-15(3-8-18)21(28)25-10-12-26(13-11-25)22-23-19-9-6-17(27(29)30)14-20(19)33-22/h2-3,6-9,14,16H,4-5,10-13H2,1H3. The smallest absolute Gasteiger partial charge is 0.270 e. The van der Waals surface area contributed by atoms with E-state index in [-0.39, 0.29) is 22.5 Å². The van der Waals surface area contributed by atoms with E-state index in [0.29, 0.717) is 37.3 Å². The summed E-state index contributed by atoms with van der Waals surface area (Å²) in [4.78, 5) is 32.2. The first-order chi connectivity index (χ1) is 16.2. The maximum atomic E-state index is 13.0. The predicted octanol–water partition coefficient (Wildman–Crippen LogP) is 2.95. The van der Waals surface area contributed by atoms with Crippen molar-refractivity contribution >= 4 is 48.3 Å². The van der Waals surface area contributed by atoms with Gasteiger partial charge in [0.2, 0.25) is 10.0 Å². The molecule has 1 aromatic heterocycles. The molecule has 1 amide bonds. The summed E-state index contributed by atoms with van der Waals surface area (Å²) in [7, 11) is -1.95. The number of thiazole rings is 1.